The molecule has 0 N–H and O–H groups in total. The summed E-state index contributed by atoms with van der Waals surface area (Å²) in [4.78, 5) is 14.6. The summed E-state index contributed by atoms with van der Waals surface area (Å²) in [5.74, 6) is 2.06. The fourth-order valence-corrected chi connectivity index (χ4v) is 9.28. The first-order valence-electron chi connectivity index (χ1n) is 21.7. The number of para-hydroxylation sites is 3. The second-order valence-electron chi connectivity index (χ2n) is 18.8. The van der Waals surface area contributed by atoms with Crippen molar-refractivity contribution in [3.8, 4) is 5.82 Å². The standard InChI is InChI=1S/C56H54N6/c1-38-54(62-49-23-12-9-18-39(49)27-28-40-19-10-13-24-50(40)62)58(8)37-59(38)43-20-17-21-44(35-43)60(46-33-41(55(2,3)4)32-42(34-46)56(5,6)7)45-29-30-48-47-22-11-14-25-51(47)61(52(48)36-45)53-26-15-16-31-57-53/h9-36H,37H2,1-8H3. The second kappa shape index (κ2) is 14.8. The molecule has 10 rings (SSSR count). The van der Waals surface area contributed by atoms with E-state index >= 15 is 0 Å². The molecule has 6 aromatic carbocycles. The van der Waals surface area contributed by atoms with Crippen molar-refractivity contribution in [3.05, 3.63) is 192 Å². The maximum Gasteiger partial charge on any atom is 0.137 e. The van der Waals surface area contributed by atoms with Crippen LogP contribution in [0.4, 0.5) is 34.1 Å². The molecule has 308 valence electrons. The van der Waals surface area contributed by atoms with E-state index in [0.29, 0.717) is 6.67 Å². The Balaban J connectivity index is 1.17. The minimum Gasteiger partial charge on any atom is -0.341 e. The summed E-state index contributed by atoms with van der Waals surface area (Å²) < 4.78 is 2.30. The molecular formula is C56H54N6. The van der Waals surface area contributed by atoms with Crippen LogP contribution in [0.25, 0.3) is 39.8 Å². The highest BCUT2D eigenvalue weighted by Crippen LogP contribution is 2.46. The Labute approximate surface area is 366 Å². The number of fused-ring (bicyclic) bond motifs is 5. The molecule has 6 heteroatoms. The number of hydrogen-bond donors (Lipinski definition) is 0. The molecule has 0 atom stereocenters. The van der Waals surface area contributed by atoms with Crippen LogP contribution in [-0.4, -0.2) is 28.2 Å². The van der Waals surface area contributed by atoms with Crippen LogP contribution in [0.2, 0.25) is 0 Å². The molecule has 4 heterocycles. The van der Waals surface area contributed by atoms with E-state index in [2.05, 4.69) is 237 Å². The zero-order valence-corrected chi connectivity index (χ0v) is 37.1. The molecule has 8 aromatic rings. The minimum atomic E-state index is -0.0581. The van der Waals surface area contributed by atoms with E-state index in [4.69, 9.17) is 4.98 Å². The average molecular weight is 811 g/mol. The molecule has 62 heavy (non-hydrogen) atoms. The van der Waals surface area contributed by atoms with Crippen LogP contribution in [0.15, 0.2) is 169 Å². The van der Waals surface area contributed by atoms with Gasteiger partial charge in [0.25, 0.3) is 0 Å². The van der Waals surface area contributed by atoms with E-state index in [1.165, 1.54) is 50.1 Å². The Morgan fingerprint density at radius 1 is 0.548 bits per heavy atom. The first kappa shape index (κ1) is 39.1. The van der Waals surface area contributed by atoms with Crippen molar-refractivity contribution in [1.82, 2.24) is 14.5 Å². The van der Waals surface area contributed by atoms with Gasteiger partial charge < -0.3 is 14.7 Å². The summed E-state index contributed by atoms with van der Waals surface area (Å²) in [6, 6.07) is 55.4. The van der Waals surface area contributed by atoms with E-state index in [1.807, 2.05) is 12.3 Å². The normalized spacial score (nSPS) is 14.2. The van der Waals surface area contributed by atoms with Gasteiger partial charge >= 0.3 is 0 Å². The van der Waals surface area contributed by atoms with Crippen LogP contribution in [-0.2, 0) is 10.8 Å². The van der Waals surface area contributed by atoms with Crippen molar-refractivity contribution in [2.75, 3.05) is 28.4 Å². The highest BCUT2D eigenvalue weighted by Gasteiger charge is 2.33. The van der Waals surface area contributed by atoms with Crippen LogP contribution < -0.4 is 14.7 Å². The Bertz CT molecular complexity index is 2980. The van der Waals surface area contributed by atoms with Gasteiger partial charge in [0.1, 0.15) is 11.6 Å². The van der Waals surface area contributed by atoms with Crippen LogP contribution >= 0.6 is 0 Å². The minimum absolute atomic E-state index is 0.0581. The van der Waals surface area contributed by atoms with Gasteiger partial charge in [-0.2, -0.15) is 0 Å². The lowest BCUT2D eigenvalue weighted by Gasteiger charge is -2.32. The first-order valence-corrected chi connectivity index (χ1v) is 21.7. The van der Waals surface area contributed by atoms with Gasteiger partial charge in [0.2, 0.25) is 0 Å². The summed E-state index contributed by atoms with van der Waals surface area (Å²) in [6.07, 6.45) is 6.35. The summed E-state index contributed by atoms with van der Waals surface area (Å²) >= 11 is 0. The molecular weight excluding hydrogens is 757 g/mol. The van der Waals surface area contributed by atoms with Gasteiger partial charge in [-0.1, -0.05) is 133 Å². The topological polar surface area (TPSA) is 30.8 Å². The molecule has 0 amide bonds. The second-order valence-corrected chi connectivity index (χ2v) is 18.8. The predicted molar refractivity (Wildman–Crippen MR) is 262 cm³/mol. The monoisotopic (exact) mass is 810 g/mol. The lowest BCUT2D eigenvalue weighted by atomic mass is 9.80. The molecule has 6 nitrogen and oxygen atoms in total. The zero-order chi connectivity index (χ0) is 42.9. The Hall–Kier alpha value is -7.05. The largest absolute Gasteiger partial charge is 0.341 e. The number of rotatable bonds is 6. The fraction of sp³-hybridized carbons (Fsp3) is 0.196. The van der Waals surface area contributed by atoms with E-state index in [1.54, 1.807) is 0 Å². The Morgan fingerprint density at radius 2 is 1.16 bits per heavy atom. The third kappa shape index (κ3) is 6.71. The van der Waals surface area contributed by atoms with Crippen LogP contribution in [0, 0.1) is 0 Å². The Kier molecular flexibility index (Phi) is 9.36. The maximum atomic E-state index is 4.86. The summed E-state index contributed by atoms with van der Waals surface area (Å²) in [5.41, 5.74) is 15.1. The van der Waals surface area contributed by atoms with Crippen molar-refractivity contribution in [1.29, 1.82) is 0 Å². The zero-order valence-electron chi connectivity index (χ0n) is 37.1. The van der Waals surface area contributed by atoms with Crippen molar-refractivity contribution >= 4 is 68.1 Å². The van der Waals surface area contributed by atoms with Gasteiger partial charge in [-0.25, -0.2) is 4.98 Å². The predicted octanol–water partition coefficient (Wildman–Crippen LogP) is 14.5. The first-order chi connectivity index (χ1) is 29.8. The van der Waals surface area contributed by atoms with Gasteiger partial charge in [-0.3, -0.25) is 9.47 Å². The molecule has 0 saturated carbocycles. The molecule has 2 aliphatic heterocycles. The van der Waals surface area contributed by atoms with Crippen molar-refractivity contribution in [2.24, 2.45) is 0 Å². The summed E-state index contributed by atoms with van der Waals surface area (Å²) in [7, 11) is 2.21. The Morgan fingerprint density at radius 3 is 1.82 bits per heavy atom. The van der Waals surface area contributed by atoms with E-state index in [9.17, 15) is 0 Å². The van der Waals surface area contributed by atoms with Crippen molar-refractivity contribution in [2.45, 2.75) is 59.3 Å². The van der Waals surface area contributed by atoms with Crippen molar-refractivity contribution < 1.29 is 0 Å². The average Bonchev–Trinajstić information content (AvgIpc) is 3.69. The van der Waals surface area contributed by atoms with E-state index < -0.39 is 0 Å². The number of aromatic nitrogens is 2. The lowest BCUT2D eigenvalue weighted by molar-refractivity contribution is 0.451. The highest BCUT2D eigenvalue weighted by molar-refractivity contribution is 6.10. The van der Waals surface area contributed by atoms with Gasteiger partial charge in [0.05, 0.1) is 34.8 Å². The number of anilines is 6. The van der Waals surface area contributed by atoms with Crippen LogP contribution in [0.3, 0.4) is 0 Å². The summed E-state index contributed by atoms with van der Waals surface area (Å²) in [6.45, 7) is 16.9. The molecule has 2 aromatic heterocycles. The SMILES string of the molecule is CC1=C(N2c3ccccc3C=Cc3ccccc32)N(C)CN1c1cccc(N(c2cc(C(C)(C)C)cc(C(C)(C)C)c2)c2ccc3c4ccccc4n(-c4ccccn4)c3c2)c1. The fourth-order valence-electron chi connectivity index (χ4n) is 9.28. The van der Waals surface area contributed by atoms with Gasteiger partial charge in [0.15, 0.2) is 0 Å². The molecule has 0 radical (unpaired) electrons. The van der Waals surface area contributed by atoms with Gasteiger partial charge in [0, 0.05) is 46.8 Å². The van der Waals surface area contributed by atoms with Crippen LogP contribution in [0.5, 0.6) is 0 Å². The molecule has 0 aliphatic carbocycles. The highest BCUT2D eigenvalue weighted by atomic mass is 15.5. The molecule has 0 spiro atoms. The van der Waals surface area contributed by atoms with Gasteiger partial charge in [-0.15, -0.1) is 0 Å². The van der Waals surface area contributed by atoms with Crippen molar-refractivity contribution in [3.63, 3.8) is 0 Å². The third-order valence-electron chi connectivity index (χ3n) is 12.6. The molecule has 0 unspecified atom stereocenters. The molecule has 2 aliphatic rings. The number of pyridine rings is 1. The maximum absolute atomic E-state index is 4.86. The third-order valence-corrected chi connectivity index (χ3v) is 12.6. The lowest BCUT2D eigenvalue weighted by Crippen LogP contribution is -2.29. The summed E-state index contributed by atoms with van der Waals surface area (Å²) in [5, 5.41) is 2.41. The van der Waals surface area contributed by atoms with Gasteiger partial charge in [-0.05, 0) is 113 Å². The smallest absolute Gasteiger partial charge is 0.137 e. The van der Waals surface area contributed by atoms with E-state index in [-0.39, 0.29) is 10.8 Å². The quantitative estimate of drug-likeness (QED) is 0.167. The molecule has 0 bridgehead atoms. The van der Waals surface area contributed by atoms with Crippen LogP contribution in [0.1, 0.15) is 70.7 Å². The number of hydrogen-bond acceptors (Lipinski definition) is 5. The molecule has 0 fully saturated rings. The van der Waals surface area contributed by atoms with E-state index in [0.717, 1.165) is 45.4 Å². The number of nitrogens with zero attached hydrogens (tertiary/aromatic N) is 6. The molecule has 0 saturated heterocycles. The number of allylic oxidation sites excluding steroid dienone is 1. The number of benzene rings is 6.